The van der Waals surface area contributed by atoms with Crippen LogP contribution in [0.3, 0.4) is 0 Å². The monoisotopic (exact) mass is 176 g/mol. The van der Waals surface area contributed by atoms with Crippen LogP contribution >= 0.6 is 0 Å². The molecule has 2 bridgehead atoms. The molecule has 0 heterocycles. The summed E-state index contributed by atoms with van der Waals surface area (Å²) >= 11 is 0. The number of isocyanates is 1. The first-order valence-electron chi connectivity index (χ1n) is 4.75. The van der Waals surface area contributed by atoms with Crippen molar-refractivity contribution in [2.24, 2.45) is 10.4 Å². The van der Waals surface area contributed by atoms with Crippen molar-refractivity contribution in [1.82, 2.24) is 0 Å². The standard InChI is InChI=1S/C10H12N2O/c11-7-9-1-4-10(5-2-9,6-3-9)12-8-13/h1-6H2. The van der Waals surface area contributed by atoms with E-state index in [0.717, 1.165) is 38.5 Å². The summed E-state index contributed by atoms with van der Waals surface area (Å²) in [6.45, 7) is 0. The van der Waals surface area contributed by atoms with E-state index < -0.39 is 0 Å². The van der Waals surface area contributed by atoms with Gasteiger partial charge in [0, 0.05) is 0 Å². The fourth-order valence-electron chi connectivity index (χ4n) is 2.60. The molecule has 0 atom stereocenters. The molecule has 0 amide bonds. The molecule has 0 aromatic carbocycles. The zero-order valence-corrected chi connectivity index (χ0v) is 7.55. The molecule has 3 nitrogen and oxygen atoms in total. The van der Waals surface area contributed by atoms with Gasteiger partial charge in [-0.2, -0.15) is 10.3 Å². The van der Waals surface area contributed by atoms with Gasteiger partial charge in [-0.1, -0.05) is 0 Å². The van der Waals surface area contributed by atoms with Crippen molar-refractivity contribution in [3.63, 3.8) is 0 Å². The predicted octanol–water partition coefficient (Wildman–Crippen LogP) is 1.94. The average molecular weight is 176 g/mol. The van der Waals surface area contributed by atoms with Crippen LogP contribution in [0.5, 0.6) is 0 Å². The lowest BCUT2D eigenvalue weighted by Crippen LogP contribution is -2.44. The molecule has 0 radical (unpaired) electrons. The summed E-state index contributed by atoms with van der Waals surface area (Å²) in [4.78, 5) is 14.2. The zero-order chi connectivity index (χ0) is 9.36. The van der Waals surface area contributed by atoms with Crippen molar-refractivity contribution in [2.75, 3.05) is 0 Å². The SMILES string of the molecule is N#CC12CCC(N=C=O)(CC1)CC2. The Morgan fingerprint density at radius 3 is 2.00 bits per heavy atom. The highest BCUT2D eigenvalue weighted by atomic mass is 16.1. The number of fused-ring (bicyclic) bond motifs is 3. The van der Waals surface area contributed by atoms with Gasteiger partial charge < -0.3 is 0 Å². The number of hydrogen-bond acceptors (Lipinski definition) is 3. The van der Waals surface area contributed by atoms with Crippen molar-refractivity contribution < 1.29 is 4.79 Å². The normalized spacial score (nSPS) is 42.1. The summed E-state index contributed by atoms with van der Waals surface area (Å²) in [6, 6.07) is 2.42. The smallest absolute Gasteiger partial charge is 0.211 e. The van der Waals surface area contributed by atoms with Crippen LogP contribution in [0.4, 0.5) is 0 Å². The first-order chi connectivity index (χ1) is 6.24. The van der Waals surface area contributed by atoms with E-state index in [9.17, 15) is 4.79 Å². The van der Waals surface area contributed by atoms with Crippen LogP contribution in [0.25, 0.3) is 0 Å². The number of hydrogen-bond donors (Lipinski definition) is 0. The van der Waals surface area contributed by atoms with Crippen LogP contribution in [-0.4, -0.2) is 11.6 Å². The van der Waals surface area contributed by atoms with Crippen LogP contribution in [0, 0.1) is 16.7 Å². The second kappa shape index (κ2) is 2.68. The highest BCUT2D eigenvalue weighted by molar-refractivity contribution is 5.35. The summed E-state index contributed by atoms with van der Waals surface area (Å²) in [5.74, 6) is 0. The maximum absolute atomic E-state index is 10.2. The predicted molar refractivity (Wildman–Crippen MR) is 46.6 cm³/mol. The fourth-order valence-corrected chi connectivity index (χ4v) is 2.60. The van der Waals surface area contributed by atoms with Crippen LogP contribution < -0.4 is 0 Å². The van der Waals surface area contributed by atoms with E-state index in [0.29, 0.717) is 0 Å². The lowest BCUT2D eigenvalue weighted by Gasteiger charge is -2.47. The van der Waals surface area contributed by atoms with Crippen molar-refractivity contribution in [3.8, 4) is 6.07 Å². The summed E-state index contributed by atoms with van der Waals surface area (Å²) in [7, 11) is 0. The second-order valence-electron chi connectivity index (χ2n) is 4.32. The topological polar surface area (TPSA) is 53.2 Å². The molecule has 0 aromatic heterocycles. The number of nitrogens with zero attached hydrogens (tertiary/aromatic N) is 2. The molecule has 3 fully saturated rings. The van der Waals surface area contributed by atoms with E-state index in [1.54, 1.807) is 6.08 Å². The number of rotatable bonds is 1. The van der Waals surface area contributed by atoms with Gasteiger partial charge in [-0.05, 0) is 38.5 Å². The van der Waals surface area contributed by atoms with E-state index in [4.69, 9.17) is 5.26 Å². The van der Waals surface area contributed by atoms with E-state index in [-0.39, 0.29) is 11.0 Å². The maximum Gasteiger partial charge on any atom is 0.235 e. The largest absolute Gasteiger partial charge is 0.235 e. The Kier molecular flexibility index (Phi) is 1.75. The summed E-state index contributed by atoms with van der Waals surface area (Å²) in [5, 5.41) is 9.02. The molecule has 0 aliphatic heterocycles. The highest BCUT2D eigenvalue weighted by Gasteiger charge is 2.49. The van der Waals surface area contributed by atoms with Gasteiger partial charge in [0.1, 0.15) is 0 Å². The molecule has 3 rings (SSSR count). The lowest BCUT2D eigenvalue weighted by molar-refractivity contribution is 0.0918. The third kappa shape index (κ3) is 1.18. The highest BCUT2D eigenvalue weighted by Crippen LogP contribution is 2.53. The minimum absolute atomic E-state index is 0.0832. The van der Waals surface area contributed by atoms with E-state index in [1.807, 2.05) is 0 Å². The first kappa shape index (κ1) is 8.47. The molecular weight excluding hydrogens is 164 g/mol. The van der Waals surface area contributed by atoms with Gasteiger partial charge >= 0.3 is 0 Å². The number of aliphatic imine (C=N–C) groups is 1. The van der Waals surface area contributed by atoms with Crippen molar-refractivity contribution in [1.29, 1.82) is 5.26 Å². The molecule has 0 N–H and O–H groups in total. The van der Waals surface area contributed by atoms with Gasteiger partial charge in [0.2, 0.25) is 6.08 Å². The number of nitriles is 1. The Labute approximate surface area is 77.5 Å². The summed E-state index contributed by atoms with van der Waals surface area (Å²) in [5.41, 5.74) is -0.222. The van der Waals surface area contributed by atoms with Gasteiger partial charge in [0.15, 0.2) is 0 Å². The second-order valence-corrected chi connectivity index (χ2v) is 4.32. The minimum atomic E-state index is -0.139. The quantitative estimate of drug-likeness (QED) is 0.453. The van der Waals surface area contributed by atoms with Gasteiger partial charge in [-0.3, -0.25) is 0 Å². The first-order valence-corrected chi connectivity index (χ1v) is 4.75. The van der Waals surface area contributed by atoms with Crippen LogP contribution in [0.2, 0.25) is 0 Å². The van der Waals surface area contributed by atoms with Crippen LogP contribution in [0.1, 0.15) is 38.5 Å². The Balaban J connectivity index is 2.21. The molecule has 68 valence electrons. The Hall–Kier alpha value is -1.13. The molecule has 0 spiro atoms. The Morgan fingerprint density at radius 2 is 1.62 bits per heavy atom. The molecule has 13 heavy (non-hydrogen) atoms. The molecular formula is C10H12N2O. The van der Waals surface area contributed by atoms with Gasteiger partial charge in [-0.15, -0.1) is 0 Å². The lowest BCUT2D eigenvalue weighted by atomic mass is 9.58. The van der Waals surface area contributed by atoms with Gasteiger partial charge in [-0.25, -0.2) is 4.79 Å². The molecule has 3 heteroatoms. The average Bonchev–Trinajstić information content (AvgIpc) is 2.21. The molecule has 3 saturated carbocycles. The van der Waals surface area contributed by atoms with E-state index >= 15 is 0 Å². The van der Waals surface area contributed by atoms with Crippen LogP contribution in [0.15, 0.2) is 4.99 Å². The summed E-state index contributed by atoms with van der Waals surface area (Å²) in [6.07, 6.45) is 7.11. The molecule has 0 unspecified atom stereocenters. The third-order valence-electron chi connectivity index (χ3n) is 3.73. The van der Waals surface area contributed by atoms with Gasteiger partial charge in [0.25, 0.3) is 0 Å². The van der Waals surface area contributed by atoms with E-state index in [1.165, 1.54) is 0 Å². The molecule has 3 aliphatic carbocycles. The zero-order valence-electron chi connectivity index (χ0n) is 7.55. The van der Waals surface area contributed by atoms with Crippen molar-refractivity contribution in [2.45, 2.75) is 44.1 Å². The third-order valence-corrected chi connectivity index (χ3v) is 3.73. The minimum Gasteiger partial charge on any atom is -0.211 e. The summed E-state index contributed by atoms with van der Waals surface area (Å²) < 4.78 is 0. The molecule has 0 aromatic rings. The fraction of sp³-hybridized carbons (Fsp3) is 0.800. The maximum atomic E-state index is 10.2. The van der Waals surface area contributed by atoms with Crippen LogP contribution in [-0.2, 0) is 4.79 Å². The van der Waals surface area contributed by atoms with Crippen molar-refractivity contribution >= 4 is 6.08 Å². The van der Waals surface area contributed by atoms with Gasteiger partial charge in [0.05, 0.1) is 17.0 Å². The molecule has 0 saturated heterocycles. The van der Waals surface area contributed by atoms with E-state index in [2.05, 4.69) is 11.1 Å². The Morgan fingerprint density at radius 1 is 1.08 bits per heavy atom. The Bertz CT molecular complexity index is 285. The number of carbonyl (C=O) groups excluding carboxylic acids is 1. The van der Waals surface area contributed by atoms with Crippen molar-refractivity contribution in [3.05, 3.63) is 0 Å². The molecule has 3 aliphatic rings.